The third-order valence-corrected chi connectivity index (χ3v) is 3.22. The molecule has 2 N–H and O–H groups in total. The fourth-order valence-electron chi connectivity index (χ4n) is 2.30. The molecular formula is C14H20N2O. The highest BCUT2D eigenvalue weighted by Crippen LogP contribution is 2.17. The maximum absolute atomic E-state index is 11.8. The van der Waals surface area contributed by atoms with E-state index in [1.165, 1.54) is 25.7 Å². The van der Waals surface area contributed by atoms with Gasteiger partial charge in [-0.3, -0.25) is 0 Å². The predicted molar refractivity (Wildman–Crippen MR) is 70.1 cm³/mol. The van der Waals surface area contributed by atoms with Crippen molar-refractivity contribution in [2.24, 2.45) is 0 Å². The largest absolute Gasteiger partial charge is 0.335 e. The summed E-state index contributed by atoms with van der Waals surface area (Å²) in [6, 6.07) is 9.83. The SMILES string of the molecule is O=C(Nc1ccccc1)NC1CCCCCC1. The molecule has 0 aromatic heterocycles. The number of carbonyl (C=O) groups excluding carboxylic acids is 1. The molecule has 0 aliphatic heterocycles. The number of hydrogen-bond acceptors (Lipinski definition) is 1. The van der Waals surface area contributed by atoms with Crippen LogP contribution in [0.5, 0.6) is 0 Å². The molecule has 2 amide bonds. The Labute approximate surface area is 103 Å². The van der Waals surface area contributed by atoms with Crippen LogP contribution in [0.4, 0.5) is 10.5 Å². The molecule has 1 aromatic rings. The second kappa shape index (κ2) is 6.28. The lowest BCUT2D eigenvalue weighted by molar-refractivity contribution is 0.247. The van der Waals surface area contributed by atoms with Crippen LogP contribution in [-0.4, -0.2) is 12.1 Å². The number of rotatable bonds is 2. The van der Waals surface area contributed by atoms with Crippen LogP contribution in [-0.2, 0) is 0 Å². The Morgan fingerprint density at radius 1 is 1.00 bits per heavy atom. The summed E-state index contributed by atoms with van der Waals surface area (Å²) in [5, 5.41) is 5.92. The predicted octanol–water partition coefficient (Wildman–Crippen LogP) is 3.53. The lowest BCUT2D eigenvalue weighted by Gasteiger charge is -2.16. The number of benzene rings is 1. The molecule has 17 heavy (non-hydrogen) atoms. The quantitative estimate of drug-likeness (QED) is 0.752. The van der Waals surface area contributed by atoms with Crippen molar-refractivity contribution in [2.45, 2.75) is 44.6 Å². The van der Waals surface area contributed by atoms with Gasteiger partial charge in [0.1, 0.15) is 0 Å². The third-order valence-electron chi connectivity index (χ3n) is 3.22. The van der Waals surface area contributed by atoms with E-state index in [-0.39, 0.29) is 6.03 Å². The summed E-state index contributed by atoms with van der Waals surface area (Å²) in [5.41, 5.74) is 0.846. The van der Waals surface area contributed by atoms with Gasteiger partial charge in [-0.1, -0.05) is 43.9 Å². The number of hydrogen-bond donors (Lipinski definition) is 2. The fourth-order valence-corrected chi connectivity index (χ4v) is 2.30. The molecule has 0 unspecified atom stereocenters. The minimum absolute atomic E-state index is 0.0805. The van der Waals surface area contributed by atoms with Gasteiger partial charge in [0.05, 0.1) is 0 Å². The summed E-state index contributed by atoms with van der Waals surface area (Å²) in [7, 11) is 0. The molecule has 0 atom stereocenters. The van der Waals surface area contributed by atoms with Crippen molar-refractivity contribution in [3.05, 3.63) is 30.3 Å². The van der Waals surface area contributed by atoms with Crippen LogP contribution in [0, 0.1) is 0 Å². The first kappa shape index (κ1) is 12.0. The van der Waals surface area contributed by atoms with Gasteiger partial charge in [-0.15, -0.1) is 0 Å². The molecule has 3 nitrogen and oxygen atoms in total. The highest BCUT2D eigenvalue weighted by molar-refractivity contribution is 5.89. The van der Waals surface area contributed by atoms with Crippen molar-refractivity contribution in [2.75, 3.05) is 5.32 Å². The Morgan fingerprint density at radius 3 is 2.29 bits per heavy atom. The topological polar surface area (TPSA) is 41.1 Å². The maximum atomic E-state index is 11.8. The van der Waals surface area contributed by atoms with Gasteiger partial charge in [0.15, 0.2) is 0 Å². The lowest BCUT2D eigenvalue weighted by atomic mass is 10.1. The molecule has 2 rings (SSSR count). The number of urea groups is 1. The monoisotopic (exact) mass is 232 g/mol. The summed E-state index contributed by atoms with van der Waals surface area (Å²) < 4.78 is 0. The molecule has 0 spiro atoms. The van der Waals surface area contributed by atoms with Gasteiger partial charge < -0.3 is 10.6 Å². The summed E-state index contributed by atoms with van der Waals surface area (Å²) in [6.45, 7) is 0. The van der Waals surface area contributed by atoms with Crippen LogP contribution in [0.2, 0.25) is 0 Å². The van der Waals surface area contributed by atoms with E-state index >= 15 is 0 Å². The van der Waals surface area contributed by atoms with E-state index in [1.54, 1.807) is 0 Å². The highest BCUT2D eigenvalue weighted by Gasteiger charge is 2.14. The zero-order chi connectivity index (χ0) is 11.9. The molecule has 0 bridgehead atoms. The zero-order valence-corrected chi connectivity index (χ0v) is 10.1. The minimum atomic E-state index is -0.0805. The second-order valence-electron chi connectivity index (χ2n) is 4.65. The zero-order valence-electron chi connectivity index (χ0n) is 10.1. The van der Waals surface area contributed by atoms with Crippen molar-refractivity contribution in [3.8, 4) is 0 Å². The summed E-state index contributed by atoms with van der Waals surface area (Å²) in [4.78, 5) is 11.8. The average molecular weight is 232 g/mol. The van der Waals surface area contributed by atoms with Crippen molar-refractivity contribution >= 4 is 11.7 Å². The smallest absolute Gasteiger partial charge is 0.319 e. The maximum Gasteiger partial charge on any atom is 0.319 e. The lowest BCUT2D eigenvalue weighted by Crippen LogP contribution is -2.37. The van der Waals surface area contributed by atoms with E-state index in [4.69, 9.17) is 0 Å². The molecule has 1 aliphatic rings. The van der Waals surface area contributed by atoms with Gasteiger partial charge in [-0.25, -0.2) is 4.79 Å². The van der Waals surface area contributed by atoms with E-state index in [0.717, 1.165) is 18.5 Å². The first-order valence-corrected chi connectivity index (χ1v) is 6.47. The van der Waals surface area contributed by atoms with Crippen LogP contribution >= 0.6 is 0 Å². The first-order chi connectivity index (χ1) is 8.34. The van der Waals surface area contributed by atoms with Crippen molar-refractivity contribution in [1.29, 1.82) is 0 Å². The van der Waals surface area contributed by atoms with Crippen LogP contribution < -0.4 is 10.6 Å². The number of nitrogens with one attached hydrogen (secondary N) is 2. The van der Waals surface area contributed by atoms with E-state index in [9.17, 15) is 4.79 Å². The number of carbonyl (C=O) groups is 1. The van der Waals surface area contributed by atoms with Crippen LogP contribution in [0.15, 0.2) is 30.3 Å². The van der Waals surface area contributed by atoms with E-state index in [1.807, 2.05) is 30.3 Å². The standard InChI is InChI=1S/C14H20N2O/c17-14(16-13-10-6-3-7-11-13)15-12-8-4-1-2-5-9-12/h3,6-7,10-12H,1-2,4-5,8-9H2,(H2,15,16,17). The molecule has 0 heterocycles. The molecule has 1 saturated carbocycles. The summed E-state index contributed by atoms with van der Waals surface area (Å²) in [5.74, 6) is 0. The molecule has 0 radical (unpaired) electrons. The van der Waals surface area contributed by atoms with Crippen molar-refractivity contribution in [1.82, 2.24) is 5.32 Å². The number of para-hydroxylation sites is 1. The fraction of sp³-hybridized carbons (Fsp3) is 0.500. The second-order valence-corrected chi connectivity index (χ2v) is 4.65. The van der Waals surface area contributed by atoms with Crippen LogP contribution in [0.25, 0.3) is 0 Å². The molecule has 92 valence electrons. The van der Waals surface area contributed by atoms with Gasteiger partial charge in [0.2, 0.25) is 0 Å². The van der Waals surface area contributed by atoms with Gasteiger partial charge in [0.25, 0.3) is 0 Å². The van der Waals surface area contributed by atoms with Gasteiger partial charge >= 0.3 is 6.03 Å². The van der Waals surface area contributed by atoms with Crippen molar-refractivity contribution in [3.63, 3.8) is 0 Å². The van der Waals surface area contributed by atoms with Crippen LogP contribution in [0.3, 0.4) is 0 Å². The minimum Gasteiger partial charge on any atom is -0.335 e. The first-order valence-electron chi connectivity index (χ1n) is 6.47. The summed E-state index contributed by atoms with van der Waals surface area (Å²) >= 11 is 0. The number of amides is 2. The van der Waals surface area contributed by atoms with Crippen LogP contribution in [0.1, 0.15) is 38.5 Å². The number of anilines is 1. The Balaban J connectivity index is 1.80. The van der Waals surface area contributed by atoms with E-state index in [0.29, 0.717) is 6.04 Å². The molecular weight excluding hydrogens is 212 g/mol. The molecule has 3 heteroatoms. The molecule has 0 saturated heterocycles. The third kappa shape index (κ3) is 4.10. The highest BCUT2D eigenvalue weighted by atomic mass is 16.2. The molecule has 1 aliphatic carbocycles. The Morgan fingerprint density at radius 2 is 1.65 bits per heavy atom. The average Bonchev–Trinajstić information content (AvgIpc) is 2.59. The van der Waals surface area contributed by atoms with E-state index in [2.05, 4.69) is 10.6 Å². The Hall–Kier alpha value is -1.51. The van der Waals surface area contributed by atoms with Gasteiger partial charge in [-0.05, 0) is 25.0 Å². The normalized spacial score (nSPS) is 17.2. The molecule has 1 aromatic carbocycles. The van der Waals surface area contributed by atoms with Gasteiger partial charge in [-0.2, -0.15) is 0 Å². The molecule has 1 fully saturated rings. The Kier molecular flexibility index (Phi) is 4.42. The Bertz CT molecular complexity index is 342. The van der Waals surface area contributed by atoms with Gasteiger partial charge in [0, 0.05) is 11.7 Å². The van der Waals surface area contributed by atoms with E-state index < -0.39 is 0 Å². The van der Waals surface area contributed by atoms with Crippen molar-refractivity contribution < 1.29 is 4.79 Å². The summed E-state index contributed by atoms with van der Waals surface area (Å²) in [6.07, 6.45) is 7.30.